The Labute approximate surface area is 147 Å². The number of pyridine rings is 1. The number of aromatic amines is 1. The third-order valence-electron chi connectivity index (χ3n) is 3.08. The Hall–Kier alpha value is -3.83. The third kappa shape index (κ3) is 4.42. The van der Waals surface area contributed by atoms with Crippen LogP contribution in [0.5, 0.6) is 17.2 Å². The predicted octanol–water partition coefficient (Wildman–Crippen LogP) is 3.10. The van der Waals surface area contributed by atoms with E-state index < -0.39 is 23.8 Å². The molecule has 0 aliphatic carbocycles. The second-order valence-electron chi connectivity index (χ2n) is 5.00. The van der Waals surface area contributed by atoms with Gasteiger partial charge in [-0.3, -0.25) is 10.1 Å². The summed E-state index contributed by atoms with van der Waals surface area (Å²) in [6, 6.07) is 4.42. The summed E-state index contributed by atoms with van der Waals surface area (Å²) >= 11 is 0. The molecule has 2 heterocycles. The van der Waals surface area contributed by atoms with Crippen LogP contribution in [0.2, 0.25) is 0 Å². The van der Waals surface area contributed by atoms with Crippen molar-refractivity contribution in [2.45, 2.75) is 6.36 Å². The standard InChI is InChI=1S/C15H9F3N4O5/c16-15(17,18)27-10-5-7(21-14(24)25)1-2-8(10)26-9-3-4-19-13-12(9)20-6-11(23)22-13/h1-6,21H,(H,24,25)(H,19,22,23). The number of aromatic nitrogens is 3. The topological polar surface area (TPSA) is 126 Å². The zero-order valence-corrected chi connectivity index (χ0v) is 13.1. The van der Waals surface area contributed by atoms with Crippen molar-refractivity contribution in [2.75, 3.05) is 5.32 Å². The zero-order chi connectivity index (χ0) is 19.6. The van der Waals surface area contributed by atoms with Gasteiger partial charge in [-0.2, -0.15) is 0 Å². The first-order valence-electron chi connectivity index (χ1n) is 7.13. The van der Waals surface area contributed by atoms with Crippen molar-refractivity contribution >= 4 is 22.9 Å². The van der Waals surface area contributed by atoms with E-state index in [1.54, 1.807) is 0 Å². The van der Waals surface area contributed by atoms with Gasteiger partial charge in [0.25, 0.3) is 5.56 Å². The average Bonchev–Trinajstić information content (AvgIpc) is 2.55. The molecule has 140 valence electrons. The number of fused-ring (bicyclic) bond motifs is 1. The van der Waals surface area contributed by atoms with E-state index in [-0.39, 0.29) is 28.4 Å². The van der Waals surface area contributed by atoms with E-state index in [4.69, 9.17) is 9.84 Å². The Kier molecular flexibility index (Phi) is 4.54. The molecule has 1 aromatic carbocycles. The van der Waals surface area contributed by atoms with Crippen molar-refractivity contribution < 1.29 is 32.5 Å². The summed E-state index contributed by atoms with van der Waals surface area (Å²) in [7, 11) is 0. The number of anilines is 1. The van der Waals surface area contributed by atoms with Crippen LogP contribution in [0.4, 0.5) is 23.7 Å². The molecule has 2 aromatic heterocycles. The van der Waals surface area contributed by atoms with Crippen LogP contribution in [0.25, 0.3) is 11.2 Å². The van der Waals surface area contributed by atoms with Crippen LogP contribution in [0.15, 0.2) is 41.5 Å². The summed E-state index contributed by atoms with van der Waals surface area (Å²) < 4.78 is 47.4. The van der Waals surface area contributed by atoms with Gasteiger partial charge in [-0.1, -0.05) is 0 Å². The molecule has 3 N–H and O–H groups in total. The van der Waals surface area contributed by atoms with Gasteiger partial charge >= 0.3 is 12.5 Å². The average molecular weight is 382 g/mol. The first-order valence-corrected chi connectivity index (χ1v) is 7.13. The lowest BCUT2D eigenvalue weighted by atomic mass is 10.2. The first-order chi connectivity index (χ1) is 12.7. The fourth-order valence-electron chi connectivity index (χ4n) is 2.12. The van der Waals surface area contributed by atoms with E-state index in [9.17, 15) is 22.8 Å². The number of benzene rings is 1. The van der Waals surface area contributed by atoms with Crippen LogP contribution in [-0.2, 0) is 0 Å². The number of halogens is 3. The van der Waals surface area contributed by atoms with E-state index in [1.807, 2.05) is 5.32 Å². The molecule has 0 radical (unpaired) electrons. The van der Waals surface area contributed by atoms with Crippen molar-refractivity contribution in [2.24, 2.45) is 0 Å². The number of alkyl halides is 3. The lowest BCUT2D eigenvalue weighted by molar-refractivity contribution is -0.275. The summed E-state index contributed by atoms with van der Waals surface area (Å²) in [5, 5.41) is 10.6. The van der Waals surface area contributed by atoms with Crippen molar-refractivity contribution in [1.29, 1.82) is 0 Å². The maximum absolute atomic E-state index is 12.7. The summed E-state index contributed by atoms with van der Waals surface area (Å²) in [5.41, 5.74) is -0.501. The van der Waals surface area contributed by atoms with Gasteiger partial charge in [0.15, 0.2) is 22.9 Å². The van der Waals surface area contributed by atoms with Crippen molar-refractivity contribution in [1.82, 2.24) is 15.0 Å². The molecule has 3 rings (SSSR count). The highest BCUT2D eigenvalue weighted by Crippen LogP contribution is 2.38. The number of hydrogen-bond donors (Lipinski definition) is 3. The van der Waals surface area contributed by atoms with Crippen LogP contribution < -0.4 is 20.3 Å². The number of nitrogens with one attached hydrogen (secondary N) is 2. The second-order valence-corrected chi connectivity index (χ2v) is 5.00. The molecular formula is C15H9F3N4O5. The van der Waals surface area contributed by atoms with Crippen molar-refractivity contribution in [3.8, 4) is 17.2 Å². The van der Waals surface area contributed by atoms with E-state index in [2.05, 4.69) is 19.7 Å². The summed E-state index contributed by atoms with van der Waals surface area (Å²) in [6.07, 6.45) is -4.27. The molecule has 0 saturated heterocycles. The molecular weight excluding hydrogens is 373 g/mol. The molecule has 0 bridgehead atoms. The molecule has 9 nitrogen and oxygen atoms in total. The van der Waals surface area contributed by atoms with E-state index in [0.717, 1.165) is 18.3 Å². The Morgan fingerprint density at radius 1 is 1.15 bits per heavy atom. The number of H-pyrrole nitrogens is 1. The van der Waals surface area contributed by atoms with Gasteiger partial charge in [-0.25, -0.2) is 14.8 Å². The van der Waals surface area contributed by atoms with Crippen LogP contribution in [0, 0.1) is 0 Å². The molecule has 0 fully saturated rings. The summed E-state index contributed by atoms with van der Waals surface area (Å²) in [4.78, 5) is 32.1. The molecule has 0 unspecified atom stereocenters. The van der Waals surface area contributed by atoms with Crippen LogP contribution in [-0.4, -0.2) is 32.5 Å². The fraction of sp³-hybridized carbons (Fsp3) is 0.0667. The first kappa shape index (κ1) is 18.0. The van der Waals surface area contributed by atoms with Gasteiger partial charge in [-0.15, -0.1) is 13.2 Å². The number of hydrogen-bond acceptors (Lipinski definition) is 6. The molecule has 3 aromatic rings. The normalized spacial score (nSPS) is 11.2. The van der Waals surface area contributed by atoms with Gasteiger partial charge in [0.2, 0.25) is 0 Å². The SMILES string of the molecule is O=C(O)Nc1ccc(Oc2ccnc3[nH]c(=O)cnc23)c(OC(F)(F)F)c1. The number of nitrogens with zero attached hydrogens (tertiary/aromatic N) is 2. The molecule has 0 aliphatic rings. The minimum absolute atomic E-state index is 0.00205. The van der Waals surface area contributed by atoms with Gasteiger partial charge < -0.3 is 19.6 Å². The lowest BCUT2D eigenvalue weighted by Crippen LogP contribution is -2.18. The second kappa shape index (κ2) is 6.82. The van der Waals surface area contributed by atoms with Crippen molar-refractivity contribution in [3.63, 3.8) is 0 Å². The lowest BCUT2D eigenvalue weighted by Gasteiger charge is -2.15. The van der Waals surface area contributed by atoms with E-state index >= 15 is 0 Å². The summed E-state index contributed by atoms with van der Waals surface area (Å²) in [6.45, 7) is 0. The quantitative estimate of drug-likeness (QED) is 0.633. The third-order valence-corrected chi connectivity index (χ3v) is 3.08. The predicted molar refractivity (Wildman–Crippen MR) is 85.0 cm³/mol. The summed E-state index contributed by atoms with van der Waals surface area (Å²) in [5.74, 6) is -1.13. The minimum atomic E-state index is -5.04. The smallest absolute Gasteiger partial charge is 0.465 e. The molecule has 0 atom stereocenters. The minimum Gasteiger partial charge on any atom is -0.465 e. The number of amides is 1. The van der Waals surface area contributed by atoms with Crippen LogP contribution >= 0.6 is 0 Å². The Morgan fingerprint density at radius 3 is 2.63 bits per heavy atom. The number of carboxylic acid groups (broad SMARTS) is 1. The van der Waals surface area contributed by atoms with Crippen LogP contribution in [0.3, 0.4) is 0 Å². The molecule has 1 amide bonds. The largest absolute Gasteiger partial charge is 0.573 e. The Bertz CT molecular complexity index is 1070. The van der Waals surface area contributed by atoms with Crippen molar-refractivity contribution in [3.05, 3.63) is 47.0 Å². The van der Waals surface area contributed by atoms with E-state index in [0.29, 0.717) is 0 Å². The highest BCUT2D eigenvalue weighted by Gasteiger charge is 2.33. The monoisotopic (exact) mass is 382 g/mol. The Morgan fingerprint density at radius 2 is 1.93 bits per heavy atom. The zero-order valence-electron chi connectivity index (χ0n) is 13.1. The van der Waals surface area contributed by atoms with Gasteiger partial charge in [0, 0.05) is 24.0 Å². The number of rotatable bonds is 4. The Balaban J connectivity index is 2.03. The molecule has 27 heavy (non-hydrogen) atoms. The van der Waals surface area contributed by atoms with Gasteiger partial charge in [0.05, 0.1) is 6.20 Å². The fourth-order valence-corrected chi connectivity index (χ4v) is 2.12. The number of ether oxygens (including phenoxy) is 2. The molecule has 0 saturated carbocycles. The number of carbonyl (C=O) groups is 1. The van der Waals surface area contributed by atoms with Gasteiger partial charge in [-0.05, 0) is 12.1 Å². The van der Waals surface area contributed by atoms with Gasteiger partial charge in [0.1, 0.15) is 5.52 Å². The molecule has 0 spiro atoms. The maximum Gasteiger partial charge on any atom is 0.573 e. The highest BCUT2D eigenvalue weighted by molar-refractivity contribution is 5.83. The van der Waals surface area contributed by atoms with E-state index in [1.165, 1.54) is 18.3 Å². The highest BCUT2D eigenvalue weighted by atomic mass is 19.4. The van der Waals surface area contributed by atoms with Crippen LogP contribution in [0.1, 0.15) is 0 Å². The molecule has 0 aliphatic heterocycles. The maximum atomic E-state index is 12.7. The molecule has 12 heteroatoms.